The maximum Gasteiger partial charge on any atom is 0.240 e. The Hall–Kier alpha value is -2.69. The number of sulfonamides is 1. The lowest BCUT2D eigenvalue weighted by Crippen LogP contribution is -2.32. The number of amides is 1. The van der Waals surface area contributed by atoms with E-state index in [1.165, 1.54) is 5.56 Å². The van der Waals surface area contributed by atoms with Crippen LogP contribution in [0, 0.1) is 11.3 Å². The Kier molecular flexibility index (Phi) is 6.68. The van der Waals surface area contributed by atoms with Gasteiger partial charge in [-0.1, -0.05) is 18.2 Å². The summed E-state index contributed by atoms with van der Waals surface area (Å²) in [5.74, 6) is -0.150. The molecule has 1 aliphatic rings. The van der Waals surface area contributed by atoms with Crippen molar-refractivity contribution in [2.75, 3.05) is 13.6 Å². The van der Waals surface area contributed by atoms with E-state index >= 15 is 0 Å². The molecule has 0 aromatic heterocycles. The molecule has 0 aliphatic heterocycles. The molecule has 0 heterocycles. The number of carbonyl (C=O) groups excluding carboxylic acids is 1. The van der Waals surface area contributed by atoms with Crippen LogP contribution in [0.3, 0.4) is 0 Å². The molecule has 0 bridgehead atoms. The molecule has 2 aromatic rings. The largest absolute Gasteiger partial charge is 0.341 e. The Morgan fingerprint density at radius 1 is 1.10 bits per heavy atom. The second kappa shape index (κ2) is 9.21. The molecule has 1 amide bonds. The van der Waals surface area contributed by atoms with Crippen LogP contribution in [-0.2, 0) is 34.2 Å². The van der Waals surface area contributed by atoms with Gasteiger partial charge in [0.15, 0.2) is 0 Å². The summed E-state index contributed by atoms with van der Waals surface area (Å²) in [6, 6.07) is 14.4. The van der Waals surface area contributed by atoms with E-state index in [0.29, 0.717) is 12.1 Å². The number of nitrogens with one attached hydrogen (secondary N) is 1. The molecule has 2 aromatic carbocycles. The van der Waals surface area contributed by atoms with Crippen LogP contribution in [0.2, 0.25) is 0 Å². The summed E-state index contributed by atoms with van der Waals surface area (Å²) in [7, 11) is -1.95. The molecule has 0 saturated heterocycles. The third-order valence-electron chi connectivity index (χ3n) is 5.19. The first-order chi connectivity index (χ1) is 13.9. The second-order valence-electron chi connectivity index (χ2n) is 7.34. The van der Waals surface area contributed by atoms with E-state index in [9.17, 15) is 13.2 Å². The summed E-state index contributed by atoms with van der Waals surface area (Å²) >= 11 is 0. The Bertz CT molecular complexity index is 1020. The fourth-order valence-electron chi connectivity index (χ4n) is 3.49. The number of fused-ring (bicyclic) bond motifs is 1. The van der Waals surface area contributed by atoms with Gasteiger partial charge in [-0.3, -0.25) is 4.79 Å². The van der Waals surface area contributed by atoms with Crippen LogP contribution >= 0.6 is 0 Å². The van der Waals surface area contributed by atoms with Gasteiger partial charge in [-0.25, -0.2) is 13.1 Å². The molecule has 0 unspecified atom stereocenters. The standard InChI is InChI=1S/C22H25N3O3S/c1-25(16-18-8-6-17(15-23)7-9-18)22(26)12-13-24-29(27,28)21-11-10-19-4-2-3-5-20(19)14-21/h6-11,14,24H,2-5,12-13,16H2,1H3. The van der Waals surface area contributed by atoms with Crippen LogP contribution in [0.5, 0.6) is 0 Å². The van der Waals surface area contributed by atoms with E-state index in [4.69, 9.17) is 5.26 Å². The number of rotatable bonds is 7. The average molecular weight is 412 g/mol. The number of hydrogen-bond donors (Lipinski definition) is 1. The predicted molar refractivity (Wildman–Crippen MR) is 111 cm³/mol. The van der Waals surface area contributed by atoms with Crippen molar-refractivity contribution in [1.29, 1.82) is 5.26 Å². The highest BCUT2D eigenvalue weighted by Gasteiger charge is 2.18. The molecule has 0 fully saturated rings. The zero-order chi connectivity index (χ0) is 20.9. The molecule has 6 nitrogen and oxygen atoms in total. The normalized spacial score (nSPS) is 13.4. The van der Waals surface area contributed by atoms with Crippen LogP contribution < -0.4 is 4.72 Å². The van der Waals surface area contributed by atoms with Crippen LogP contribution in [0.1, 0.15) is 41.5 Å². The quantitative estimate of drug-likeness (QED) is 0.759. The molecule has 1 N–H and O–H groups in total. The van der Waals surface area contributed by atoms with E-state index in [0.717, 1.165) is 36.8 Å². The third-order valence-corrected chi connectivity index (χ3v) is 6.65. The van der Waals surface area contributed by atoms with Crippen LogP contribution in [0.25, 0.3) is 0 Å². The van der Waals surface area contributed by atoms with Gasteiger partial charge in [-0.05, 0) is 66.6 Å². The van der Waals surface area contributed by atoms with Gasteiger partial charge < -0.3 is 4.90 Å². The topological polar surface area (TPSA) is 90.3 Å². The Labute approximate surface area is 172 Å². The van der Waals surface area contributed by atoms with Crippen molar-refractivity contribution in [3.05, 3.63) is 64.7 Å². The molecule has 7 heteroatoms. The number of benzene rings is 2. The molecular weight excluding hydrogens is 386 g/mol. The minimum atomic E-state index is -3.63. The van der Waals surface area contributed by atoms with Crippen LogP contribution in [0.15, 0.2) is 47.4 Å². The first-order valence-corrected chi connectivity index (χ1v) is 11.2. The molecular formula is C22H25N3O3S. The first kappa shape index (κ1) is 21.0. The fourth-order valence-corrected chi connectivity index (χ4v) is 4.57. The fraction of sp³-hybridized carbons (Fsp3) is 0.364. The van der Waals surface area contributed by atoms with Gasteiger partial charge in [0.05, 0.1) is 16.5 Å². The molecule has 0 saturated carbocycles. The Morgan fingerprint density at radius 2 is 1.79 bits per heavy atom. The summed E-state index contributed by atoms with van der Waals surface area (Å²) in [5, 5.41) is 8.83. The predicted octanol–water partition coefficient (Wildman–Crippen LogP) is 2.76. The van der Waals surface area contributed by atoms with Gasteiger partial charge >= 0.3 is 0 Å². The van der Waals surface area contributed by atoms with E-state index in [2.05, 4.69) is 10.8 Å². The maximum atomic E-state index is 12.6. The number of nitrogens with zero attached hydrogens (tertiary/aromatic N) is 2. The van der Waals surface area contributed by atoms with Crippen molar-refractivity contribution < 1.29 is 13.2 Å². The summed E-state index contributed by atoms with van der Waals surface area (Å²) < 4.78 is 27.7. The third kappa shape index (κ3) is 5.43. The van der Waals surface area contributed by atoms with E-state index in [-0.39, 0.29) is 23.8 Å². The smallest absolute Gasteiger partial charge is 0.240 e. The Balaban J connectivity index is 1.52. The number of carbonyl (C=O) groups is 1. The van der Waals surface area contributed by atoms with Crippen LogP contribution in [-0.4, -0.2) is 32.8 Å². The maximum absolute atomic E-state index is 12.6. The van der Waals surface area contributed by atoms with E-state index < -0.39 is 10.0 Å². The summed E-state index contributed by atoms with van der Waals surface area (Å²) in [6.07, 6.45) is 4.23. The van der Waals surface area contributed by atoms with Crippen LogP contribution in [0.4, 0.5) is 0 Å². The number of hydrogen-bond acceptors (Lipinski definition) is 4. The van der Waals surface area contributed by atoms with Crippen molar-refractivity contribution in [2.24, 2.45) is 0 Å². The molecule has 1 aliphatic carbocycles. The second-order valence-corrected chi connectivity index (χ2v) is 9.11. The van der Waals surface area contributed by atoms with Crippen molar-refractivity contribution in [2.45, 2.75) is 43.5 Å². The van der Waals surface area contributed by atoms with Gasteiger partial charge in [0.25, 0.3) is 0 Å². The van der Waals surface area contributed by atoms with E-state index in [1.54, 1.807) is 48.3 Å². The first-order valence-electron chi connectivity index (χ1n) is 9.73. The van der Waals surface area contributed by atoms with Crippen molar-refractivity contribution in [1.82, 2.24) is 9.62 Å². The summed E-state index contributed by atoms with van der Waals surface area (Å²) in [6.45, 7) is 0.456. The molecule has 0 spiro atoms. The minimum Gasteiger partial charge on any atom is -0.341 e. The highest BCUT2D eigenvalue weighted by atomic mass is 32.2. The summed E-state index contributed by atoms with van der Waals surface area (Å²) in [5.41, 5.74) is 3.82. The van der Waals surface area contributed by atoms with Crippen molar-refractivity contribution in [3.8, 4) is 6.07 Å². The van der Waals surface area contributed by atoms with Crippen molar-refractivity contribution >= 4 is 15.9 Å². The highest BCUT2D eigenvalue weighted by molar-refractivity contribution is 7.89. The molecule has 152 valence electrons. The lowest BCUT2D eigenvalue weighted by Gasteiger charge is -2.18. The lowest BCUT2D eigenvalue weighted by molar-refractivity contribution is -0.130. The zero-order valence-corrected chi connectivity index (χ0v) is 17.3. The Morgan fingerprint density at radius 3 is 2.48 bits per heavy atom. The summed E-state index contributed by atoms with van der Waals surface area (Å²) in [4.78, 5) is 14.1. The van der Waals surface area contributed by atoms with E-state index in [1.807, 2.05) is 6.07 Å². The lowest BCUT2D eigenvalue weighted by atomic mass is 9.92. The molecule has 29 heavy (non-hydrogen) atoms. The van der Waals surface area contributed by atoms with Gasteiger partial charge in [-0.2, -0.15) is 5.26 Å². The number of aryl methyl sites for hydroxylation is 2. The molecule has 0 radical (unpaired) electrons. The van der Waals surface area contributed by atoms with Gasteiger partial charge in [0.1, 0.15) is 0 Å². The molecule has 3 rings (SSSR count). The van der Waals surface area contributed by atoms with Gasteiger partial charge in [0, 0.05) is 26.6 Å². The number of nitriles is 1. The monoisotopic (exact) mass is 411 g/mol. The van der Waals surface area contributed by atoms with Gasteiger partial charge in [0.2, 0.25) is 15.9 Å². The van der Waals surface area contributed by atoms with Crippen molar-refractivity contribution in [3.63, 3.8) is 0 Å². The molecule has 0 atom stereocenters. The highest BCUT2D eigenvalue weighted by Crippen LogP contribution is 2.24. The zero-order valence-electron chi connectivity index (χ0n) is 16.5. The SMILES string of the molecule is CN(Cc1ccc(C#N)cc1)C(=O)CCNS(=O)(=O)c1ccc2c(c1)CCCC2. The van der Waals surface area contributed by atoms with Gasteiger partial charge in [-0.15, -0.1) is 0 Å². The minimum absolute atomic E-state index is 0.0515. The average Bonchev–Trinajstić information content (AvgIpc) is 2.73.